The molecule has 35 heavy (non-hydrogen) atoms. The second-order valence-electron chi connectivity index (χ2n) is 7.79. The second kappa shape index (κ2) is 10.3. The van der Waals surface area contributed by atoms with Crippen molar-refractivity contribution in [3.63, 3.8) is 0 Å². The molecule has 0 fully saturated rings. The number of aliphatic carboxylic acids is 1. The van der Waals surface area contributed by atoms with Gasteiger partial charge in [0.2, 0.25) is 0 Å². The number of alkyl halides is 6. The van der Waals surface area contributed by atoms with Gasteiger partial charge in [0.25, 0.3) is 0 Å². The lowest BCUT2D eigenvalue weighted by atomic mass is 9.97. The zero-order chi connectivity index (χ0) is 26.0. The average Bonchev–Trinajstić information content (AvgIpc) is 3.20. The van der Waals surface area contributed by atoms with Crippen molar-refractivity contribution in [2.75, 3.05) is 0 Å². The highest BCUT2D eigenvalue weighted by molar-refractivity contribution is 7.06. The minimum Gasteiger partial charge on any atom is -0.488 e. The lowest BCUT2D eigenvalue weighted by Gasteiger charge is -2.19. The molecule has 0 saturated heterocycles. The number of aryl methyl sites for hydroxylation is 2. The summed E-state index contributed by atoms with van der Waals surface area (Å²) in [6, 6.07) is 9.12. The Hall–Kier alpha value is -3.08. The number of rotatable bonds is 8. The van der Waals surface area contributed by atoms with Gasteiger partial charge in [-0.2, -0.15) is 30.7 Å². The number of carboxylic acid groups (broad SMARTS) is 1. The van der Waals surface area contributed by atoms with Crippen molar-refractivity contribution in [2.45, 2.75) is 52.1 Å². The molecule has 0 atom stereocenters. The van der Waals surface area contributed by atoms with Crippen molar-refractivity contribution in [3.8, 4) is 17.0 Å². The monoisotopic (exact) mass is 517 g/mol. The number of carboxylic acids is 1. The summed E-state index contributed by atoms with van der Waals surface area (Å²) in [6.07, 6.45) is -9.63. The number of nitrogens with zero attached hydrogens (tertiary/aromatic N) is 1. The maximum atomic E-state index is 13.7. The predicted octanol–water partition coefficient (Wildman–Crippen LogP) is 7.31. The highest BCUT2D eigenvalue weighted by Gasteiger charge is 2.39. The van der Waals surface area contributed by atoms with E-state index in [2.05, 4.69) is 4.37 Å². The van der Waals surface area contributed by atoms with E-state index in [1.54, 1.807) is 24.3 Å². The fourth-order valence-corrected chi connectivity index (χ4v) is 4.46. The third-order valence-electron chi connectivity index (χ3n) is 5.45. The van der Waals surface area contributed by atoms with Gasteiger partial charge >= 0.3 is 18.3 Å². The molecule has 4 nitrogen and oxygen atoms in total. The molecule has 1 N–H and O–H groups in total. The lowest BCUT2D eigenvalue weighted by Crippen LogP contribution is -2.14. The lowest BCUT2D eigenvalue weighted by molar-refractivity contribution is -0.140. The second-order valence-corrected chi connectivity index (χ2v) is 8.56. The van der Waals surface area contributed by atoms with E-state index in [1.807, 2.05) is 6.92 Å². The first-order chi connectivity index (χ1) is 16.3. The van der Waals surface area contributed by atoms with Crippen LogP contribution in [0.15, 0.2) is 36.4 Å². The Labute approximate surface area is 201 Å². The highest BCUT2D eigenvalue weighted by Crippen LogP contribution is 2.42. The molecule has 0 aliphatic heterocycles. The molecule has 1 aromatic heterocycles. The SMILES string of the molecule is CCc1ccc(-c2nsc(C(F)(F)F)c2COc2ccc(CCC(=O)O)c(C(F)(F)F)c2C)cc1. The van der Waals surface area contributed by atoms with Gasteiger partial charge in [-0.25, -0.2) is 0 Å². The van der Waals surface area contributed by atoms with Crippen molar-refractivity contribution in [3.05, 3.63) is 69.1 Å². The van der Waals surface area contributed by atoms with Crippen molar-refractivity contribution >= 4 is 17.5 Å². The van der Waals surface area contributed by atoms with Gasteiger partial charge < -0.3 is 9.84 Å². The van der Waals surface area contributed by atoms with Crippen LogP contribution < -0.4 is 4.74 Å². The molecule has 0 saturated carbocycles. The van der Waals surface area contributed by atoms with E-state index in [4.69, 9.17) is 9.84 Å². The first-order valence-corrected chi connectivity index (χ1v) is 11.3. The third kappa shape index (κ3) is 6.14. The minimum absolute atomic E-state index is 0.0526. The molecule has 0 aliphatic rings. The standard InChI is InChI=1S/C24H21F6NO3S/c1-3-14-4-6-16(7-5-14)21-17(22(35-31-21)24(28,29)30)12-34-18-10-8-15(9-11-19(32)33)20(13(18)2)23(25,26)27/h4-8,10H,3,9,11-12H2,1-2H3,(H,32,33). The fraction of sp³-hybridized carbons (Fsp3) is 0.333. The summed E-state index contributed by atoms with van der Waals surface area (Å²) < 4.78 is 91.6. The number of halogens is 6. The van der Waals surface area contributed by atoms with Crippen LogP contribution in [-0.2, 0) is 36.6 Å². The first kappa shape index (κ1) is 26.5. The van der Waals surface area contributed by atoms with E-state index in [9.17, 15) is 31.1 Å². The number of benzene rings is 2. The summed E-state index contributed by atoms with van der Waals surface area (Å²) in [6.45, 7) is 2.43. The molecular formula is C24H21F6NO3S. The van der Waals surface area contributed by atoms with Gasteiger partial charge in [-0.05, 0) is 48.5 Å². The van der Waals surface area contributed by atoms with Gasteiger partial charge in [-0.1, -0.05) is 37.3 Å². The van der Waals surface area contributed by atoms with Crippen molar-refractivity contribution in [2.24, 2.45) is 0 Å². The summed E-state index contributed by atoms with van der Waals surface area (Å²) >= 11 is 0.256. The molecule has 188 valence electrons. The topological polar surface area (TPSA) is 59.4 Å². The summed E-state index contributed by atoms with van der Waals surface area (Å²) in [4.78, 5) is 9.83. The van der Waals surface area contributed by atoms with Crippen LogP contribution in [0.4, 0.5) is 26.3 Å². The first-order valence-electron chi connectivity index (χ1n) is 10.5. The number of aromatic nitrogens is 1. The minimum atomic E-state index is -4.80. The molecule has 3 aromatic rings. The average molecular weight is 517 g/mol. The Morgan fingerprint density at radius 3 is 2.23 bits per heavy atom. The van der Waals surface area contributed by atoms with E-state index in [0.717, 1.165) is 25.0 Å². The van der Waals surface area contributed by atoms with Crippen LogP contribution in [0.25, 0.3) is 11.3 Å². The van der Waals surface area contributed by atoms with Crippen LogP contribution in [0.2, 0.25) is 0 Å². The molecule has 0 unspecified atom stereocenters. The largest absolute Gasteiger partial charge is 0.488 e. The summed E-state index contributed by atoms with van der Waals surface area (Å²) in [5, 5.41) is 8.82. The van der Waals surface area contributed by atoms with Crippen LogP contribution >= 0.6 is 11.5 Å². The predicted molar refractivity (Wildman–Crippen MR) is 118 cm³/mol. The molecule has 1 heterocycles. The number of hydrogen-bond acceptors (Lipinski definition) is 4. The zero-order valence-corrected chi connectivity index (χ0v) is 19.5. The Balaban J connectivity index is 1.99. The van der Waals surface area contributed by atoms with Crippen molar-refractivity contribution in [1.29, 1.82) is 0 Å². The molecular weight excluding hydrogens is 496 g/mol. The molecule has 0 bridgehead atoms. The molecule has 2 aromatic carbocycles. The van der Waals surface area contributed by atoms with Crippen LogP contribution in [0, 0.1) is 6.92 Å². The number of carbonyl (C=O) groups is 1. The maximum absolute atomic E-state index is 13.7. The Morgan fingerprint density at radius 1 is 1.03 bits per heavy atom. The van der Waals surface area contributed by atoms with Crippen LogP contribution in [-0.4, -0.2) is 15.4 Å². The van der Waals surface area contributed by atoms with E-state index in [1.165, 1.54) is 6.07 Å². The van der Waals surface area contributed by atoms with Crippen LogP contribution in [0.1, 0.15) is 46.0 Å². The van der Waals surface area contributed by atoms with E-state index in [-0.39, 0.29) is 46.1 Å². The van der Waals surface area contributed by atoms with Gasteiger partial charge in [0.15, 0.2) is 0 Å². The van der Waals surface area contributed by atoms with Crippen LogP contribution in [0.5, 0.6) is 5.75 Å². The fourth-order valence-electron chi connectivity index (χ4n) is 3.69. The molecule has 3 rings (SSSR count). The summed E-state index contributed by atoms with van der Waals surface area (Å²) in [5.74, 6) is -1.50. The normalized spacial score (nSPS) is 12.1. The van der Waals surface area contributed by atoms with Gasteiger partial charge in [-0.3, -0.25) is 4.79 Å². The van der Waals surface area contributed by atoms with Gasteiger partial charge in [0.1, 0.15) is 17.2 Å². The van der Waals surface area contributed by atoms with Gasteiger partial charge in [0.05, 0.1) is 11.3 Å². The highest BCUT2D eigenvalue weighted by atomic mass is 32.1. The van der Waals surface area contributed by atoms with E-state index >= 15 is 0 Å². The van der Waals surface area contributed by atoms with Crippen molar-refractivity contribution < 1.29 is 41.0 Å². The Bertz CT molecular complexity index is 1200. The van der Waals surface area contributed by atoms with Gasteiger partial charge in [0, 0.05) is 23.1 Å². The molecule has 11 heteroatoms. The Morgan fingerprint density at radius 2 is 1.69 bits per heavy atom. The van der Waals surface area contributed by atoms with E-state index in [0.29, 0.717) is 5.56 Å². The Kier molecular flexibility index (Phi) is 7.78. The smallest absolute Gasteiger partial charge is 0.427 e. The van der Waals surface area contributed by atoms with Crippen LogP contribution in [0.3, 0.4) is 0 Å². The van der Waals surface area contributed by atoms with Crippen molar-refractivity contribution in [1.82, 2.24) is 4.37 Å². The summed E-state index contributed by atoms with van der Waals surface area (Å²) in [5.41, 5.74) is -0.404. The number of ether oxygens (including phenoxy) is 1. The quantitative estimate of drug-likeness (QED) is 0.318. The zero-order valence-electron chi connectivity index (χ0n) is 18.7. The molecule has 0 aliphatic carbocycles. The molecule has 0 amide bonds. The third-order valence-corrected chi connectivity index (χ3v) is 6.38. The maximum Gasteiger partial charge on any atom is 0.427 e. The summed E-state index contributed by atoms with van der Waals surface area (Å²) in [7, 11) is 0. The number of hydrogen-bond donors (Lipinski definition) is 1. The molecule has 0 radical (unpaired) electrons. The van der Waals surface area contributed by atoms with Gasteiger partial charge in [-0.15, -0.1) is 0 Å². The molecule has 0 spiro atoms. The van der Waals surface area contributed by atoms with E-state index < -0.39 is 41.8 Å².